The molecule has 1 fully saturated rings. The fourth-order valence-electron chi connectivity index (χ4n) is 3.50. The van der Waals surface area contributed by atoms with Crippen molar-refractivity contribution in [2.75, 3.05) is 43.9 Å². The zero-order chi connectivity index (χ0) is 24.0. The highest BCUT2D eigenvalue weighted by molar-refractivity contribution is 7.99. The molecule has 33 heavy (non-hydrogen) atoms. The molecule has 178 valence electrons. The summed E-state index contributed by atoms with van der Waals surface area (Å²) in [7, 11) is 1.59. The number of nitrogens with one attached hydrogen (secondary N) is 1. The highest BCUT2D eigenvalue weighted by Crippen LogP contribution is 2.25. The van der Waals surface area contributed by atoms with Crippen molar-refractivity contribution in [1.29, 1.82) is 0 Å². The maximum atomic E-state index is 13.0. The molecular formula is C23H30ClN5O3S. The van der Waals surface area contributed by atoms with Crippen molar-refractivity contribution in [3.63, 3.8) is 0 Å². The molecule has 2 aromatic rings. The maximum absolute atomic E-state index is 13.0. The molecule has 1 atom stereocenters. The third-order valence-corrected chi connectivity index (χ3v) is 6.27. The summed E-state index contributed by atoms with van der Waals surface area (Å²) in [5.74, 6) is 1.89. The first-order valence-electron chi connectivity index (χ1n) is 10.9. The van der Waals surface area contributed by atoms with Crippen LogP contribution in [0.5, 0.6) is 5.75 Å². The lowest BCUT2D eigenvalue weighted by atomic mass is 10.1. The Balaban J connectivity index is 1.63. The number of piperazine rings is 1. The second-order valence-electron chi connectivity index (χ2n) is 8.34. The van der Waals surface area contributed by atoms with E-state index >= 15 is 0 Å². The van der Waals surface area contributed by atoms with E-state index in [-0.39, 0.29) is 23.6 Å². The first-order valence-corrected chi connectivity index (χ1v) is 12.3. The van der Waals surface area contributed by atoms with E-state index in [0.29, 0.717) is 59.5 Å². The van der Waals surface area contributed by atoms with Gasteiger partial charge in [0, 0.05) is 43.9 Å². The fraction of sp³-hybridized carbons (Fsp3) is 0.478. The van der Waals surface area contributed by atoms with Gasteiger partial charge in [0.15, 0.2) is 5.16 Å². The van der Waals surface area contributed by atoms with Crippen LogP contribution in [0.3, 0.4) is 0 Å². The Kier molecular flexibility index (Phi) is 8.80. The topological polar surface area (TPSA) is 87.7 Å². The lowest BCUT2D eigenvalue weighted by Gasteiger charge is -2.40. The van der Waals surface area contributed by atoms with Crippen LogP contribution in [0, 0.1) is 5.92 Å². The first kappa shape index (κ1) is 25.1. The van der Waals surface area contributed by atoms with Crippen LogP contribution < -0.4 is 15.0 Å². The maximum Gasteiger partial charge on any atom is 0.254 e. The summed E-state index contributed by atoms with van der Waals surface area (Å²) in [6.45, 7) is 8.53. The van der Waals surface area contributed by atoms with Crippen LogP contribution in [0.1, 0.15) is 31.1 Å². The van der Waals surface area contributed by atoms with Gasteiger partial charge in [-0.05, 0) is 31.0 Å². The summed E-state index contributed by atoms with van der Waals surface area (Å²) in [4.78, 5) is 37.9. The molecule has 0 bridgehead atoms. The number of anilines is 1. The van der Waals surface area contributed by atoms with Gasteiger partial charge in [0.25, 0.3) is 5.91 Å². The van der Waals surface area contributed by atoms with Crippen molar-refractivity contribution < 1.29 is 14.3 Å². The smallest absolute Gasteiger partial charge is 0.254 e. The molecule has 1 aromatic heterocycles. The van der Waals surface area contributed by atoms with Gasteiger partial charge in [-0.1, -0.05) is 43.3 Å². The van der Waals surface area contributed by atoms with Crippen LogP contribution in [-0.2, 0) is 4.79 Å². The lowest BCUT2D eigenvalue weighted by molar-refractivity contribution is -0.118. The van der Waals surface area contributed by atoms with Crippen LogP contribution in [0.4, 0.5) is 5.82 Å². The summed E-state index contributed by atoms with van der Waals surface area (Å²) in [5.41, 5.74) is 0.606. The van der Waals surface area contributed by atoms with E-state index < -0.39 is 0 Å². The summed E-state index contributed by atoms with van der Waals surface area (Å²) >= 11 is 7.50. The quantitative estimate of drug-likeness (QED) is 0.344. The van der Waals surface area contributed by atoms with E-state index in [2.05, 4.69) is 20.2 Å². The predicted molar refractivity (Wildman–Crippen MR) is 131 cm³/mol. The molecule has 0 spiro atoms. The molecule has 0 aliphatic carbocycles. The highest BCUT2D eigenvalue weighted by atomic mass is 35.5. The van der Waals surface area contributed by atoms with Gasteiger partial charge in [-0.25, -0.2) is 9.97 Å². The number of carbonyl (C=O) groups excluding carboxylic acids is 2. The van der Waals surface area contributed by atoms with E-state index in [1.54, 1.807) is 25.3 Å². The number of methoxy groups -OCH3 is 1. The van der Waals surface area contributed by atoms with E-state index in [4.69, 9.17) is 16.3 Å². The molecule has 1 aliphatic rings. The Morgan fingerprint density at radius 1 is 1.27 bits per heavy atom. The number of nitrogens with zero attached hydrogens (tertiary/aromatic N) is 4. The van der Waals surface area contributed by atoms with Crippen LogP contribution >= 0.6 is 23.4 Å². The Morgan fingerprint density at radius 2 is 2.06 bits per heavy atom. The van der Waals surface area contributed by atoms with Crippen molar-refractivity contribution in [2.24, 2.45) is 5.92 Å². The number of benzene rings is 1. The molecule has 1 saturated heterocycles. The Bertz CT molecular complexity index is 990. The first-order chi connectivity index (χ1) is 15.8. The summed E-state index contributed by atoms with van der Waals surface area (Å²) in [6.07, 6.45) is 0. The molecule has 10 heteroatoms. The molecule has 1 aromatic carbocycles. The molecule has 8 nitrogen and oxygen atoms in total. The average Bonchev–Trinajstić information content (AvgIpc) is 2.80. The average molecular weight is 492 g/mol. The van der Waals surface area contributed by atoms with Gasteiger partial charge < -0.3 is 19.9 Å². The van der Waals surface area contributed by atoms with Crippen molar-refractivity contribution in [3.05, 3.63) is 41.0 Å². The molecule has 1 aliphatic heterocycles. The molecule has 1 N–H and O–H groups in total. The van der Waals surface area contributed by atoms with E-state index in [9.17, 15) is 9.59 Å². The number of ether oxygens (including phenoxy) is 1. The van der Waals surface area contributed by atoms with Crippen molar-refractivity contribution >= 4 is 41.0 Å². The van der Waals surface area contributed by atoms with Gasteiger partial charge in [0.05, 0.1) is 12.9 Å². The molecule has 0 saturated carbocycles. The number of amides is 2. The van der Waals surface area contributed by atoms with Gasteiger partial charge in [-0.2, -0.15) is 0 Å². The van der Waals surface area contributed by atoms with Gasteiger partial charge >= 0.3 is 0 Å². The normalized spacial score (nSPS) is 16.1. The summed E-state index contributed by atoms with van der Waals surface area (Å²) < 4.78 is 5.24. The number of aromatic nitrogens is 2. The van der Waals surface area contributed by atoms with Gasteiger partial charge in [0.2, 0.25) is 5.91 Å². The van der Waals surface area contributed by atoms with Crippen molar-refractivity contribution in [3.8, 4) is 5.75 Å². The van der Waals surface area contributed by atoms with Gasteiger partial charge in [-0.3, -0.25) is 9.59 Å². The second-order valence-corrected chi connectivity index (χ2v) is 9.67. The second kappa shape index (κ2) is 11.6. The van der Waals surface area contributed by atoms with Crippen molar-refractivity contribution in [2.45, 2.75) is 32.0 Å². The Morgan fingerprint density at radius 3 is 2.76 bits per heavy atom. The monoisotopic (exact) mass is 491 g/mol. The number of rotatable bonds is 8. The molecule has 2 amide bonds. The Hall–Kier alpha value is -2.52. The molecule has 1 unspecified atom stereocenters. The van der Waals surface area contributed by atoms with Crippen molar-refractivity contribution in [1.82, 2.24) is 20.2 Å². The van der Waals surface area contributed by atoms with Gasteiger partial charge in [-0.15, -0.1) is 0 Å². The number of thioether (sulfide) groups is 1. The highest BCUT2D eigenvalue weighted by Gasteiger charge is 2.29. The minimum absolute atomic E-state index is 0.0228. The van der Waals surface area contributed by atoms with Crippen LogP contribution in [0.15, 0.2) is 35.5 Å². The van der Waals surface area contributed by atoms with Gasteiger partial charge in [0.1, 0.15) is 16.7 Å². The molecule has 3 rings (SSSR count). The number of carbonyl (C=O) groups is 2. The number of halogens is 1. The lowest BCUT2D eigenvalue weighted by Crippen LogP contribution is -2.54. The fourth-order valence-corrected chi connectivity index (χ4v) is 4.41. The van der Waals surface area contributed by atoms with E-state index in [0.717, 1.165) is 0 Å². The predicted octanol–water partition coefficient (Wildman–Crippen LogP) is 3.35. The minimum Gasteiger partial charge on any atom is -0.497 e. The van der Waals surface area contributed by atoms with Crippen LogP contribution in [0.25, 0.3) is 0 Å². The summed E-state index contributed by atoms with van der Waals surface area (Å²) in [6, 6.07) is 8.89. The molecular weight excluding hydrogens is 462 g/mol. The third-order valence-electron chi connectivity index (χ3n) is 5.23. The van der Waals surface area contributed by atoms with E-state index in [1.807, 2.05) is 37.8 Å². The molecule has 2 heterocycles. The zero-order valence-corrected chi connectivity index (χ0v) is 20.9. The SMILES string of the molecule is COc1cccc(C(=O)N2CCN(c3cc(Cl)nc(SCC(=O)NCC(C)C)n3)CC2C)c1. The Labute approximate surface area is 204 Å². The minimum atomic E-state index is -0.0582. The zero-order valence-electron chi connectivity index (χ0n) is 19.4. The van der Waals surface area contributed by atoms with Crippen LogP contribution in [-0.4, -0.2) is 71.8 Å². The molecule has 0 radical (unpaired) electrons. The van der Waals surface area contributed by atoms with E-state index in [1.165, 1.54) is 11.8 Å². The largest absolute Gasteiger partial charge is 0.497 e. The number of hydrogen-bond acceptors (Lipinski definition) is 7. The number of hydrogen-bond donors (Lipinski definition) is 1. The summed E-state index contributed by atoms with van der Waals surface area (Å²) in [5, 5.41) is 3.67. The third kappa shape index (κ3) is 6.98. The standard InChI is InChI=1S/C23H30ClN5O3S/c1-15(2)12-25-21(30)14-33-23-26-19(24)11-20(27-23)28-8-9-29(16(3)13-28)22(31)17-6-5-7-18(10-17)32-4/h5-7,10-11,15-16H,8-9,12-14H2,1-4H3,(H,25,30). The van der Waals surface area contributed by atoms with Crippen LogP contribution in [0.2, 0.25) is 5.15 Å².